The second-order valence-electron chi connectivity index (χ2n) is 5.69. The number of benzene rings is 2. The SMILES string of the molecule is CNC(=O)c1cc(S(=O)(=O)Nc2nnc(SCc3ccccc3)s2)ccc1OC. The molecule has 0 fully saturated rings. The van der Waals surface area contributed by atoms with Crippen molar-refractivity contribution in [1.82, 2.24) is 15.5 Å². The fourth-order valence-corrected chi connectivity index (χ4v) is 5.33. The summed E-state index contributed by atoms with van der Waals surface area (Å²) < 4.78 is 33.6. The van der Waals surface area contributed by atoms with Crippen molar-refractivity contribution in [3.63, 3.8) is 0 Å². The Hall–Kier alpha value is -2.63. The summed E-state index contributed by atoms with van der Waals surface area (Å²) in [5.41, 5.74) is 1.25. The lowest BCUT2D eigenvalue weighted by atomic mass is 10.2. The molecule has 3 rings (SSSR count). The predicted octanol–water partition coefficient (Wildman–Crippen LogP) is 3.00. The summed E-state index contributed by atoms with van der Waals surface area (Å²) in [7, 11) is -1.08. The molecule has 1 amide bonds. The van der Waals surface area contributed by atoms with E-state index in [0.29, 0.717) is 10.1 Å². The third-order valence-corrected chi connectivity index (χ3v) is 7.30. The standard InChI is InChI=1S/C18H18N4O4S3/c1-19-16(23)14-10-13(8-9-15(14)26-2)29(24,25)22-17-20-21-18(28-17)27-11-12-6-4-3-5-7-12/h3-10H,11H2,1-2H3,(H,19,23)(H,20,22). The van der Waals surface area contributed by atoms with Crippen molar-refractivity contribution in [3.05, 3.63) is 59.7 Å². The van der Waals surface area contributed by atoms with Crippen molar-refractivity contribution in [3.8, 4) is 5.75 Å². The molecule has 1 aromatic heterocycles. The van der Waals surface area contributed by atoms with Crippen LogP contribution in [0.5, 0.6) is 5.75 Å². The van der Waals surface area contributed by atoms with Gasteiger partial charge in [-0.25, -0.2) is 8.42 Å². The molecule has 0 radical (unpaired) electrons. The first-order chi connectivity index (χ1) is 13.9. The lowest BCUT2D eigenvalue weighted by Gasteiger charge is -2.10. The number of thioether (sulfide) groups is 1. The molecular formula is C18H18N4O4S3. The molecule has 0 spiro atoms. The number of hydrogen-bond donors (Lipinski definition) is 2. The molecule has 29 heavy (non-hydrogen) atoms. The molecule has 3 aromatic rings. The number of carbonyl (C=O) groups excluding carboxylic acids is 1. The molecule has 0 atom stereocenters. The maximum atomic E-state index is 12.7. The van der Waals surface area contributed by atoms with Gasteiger partial charge in [-0.05, 0) is 23.8 Å². The van der Waals surface area contributed by atoms with Crippen LogP contribution < -0.4 is 14.8 Å². The lowest BCUT2D eigenvalue weighted by Crippen LogP contribution is -2.20. The van der Waals surface area contributed by atoms with Crippen LogP contribution in [0.1, 0.15) is 15.9 Å². The van der Waals surface area contributed by atoms with Crippen LogP contribution in [0.25, 0.3) is 0 Å². The highest BCUT2D eigenvalue weighted by Crippen LogP contribution is 2.30. The van der Waals surface area contributed by atoms with E-state index in [1.54, 1.807) is 0 Å². The molecule has 0 saturated carbocycles. The Morgan fingerprint density at radius 2 is 1.93 bits per heavy atom. The number of anilines is 1. The molecule has 11 heteroatoms. The summed E-state index contributed by atoms with van der Waals surface area (Å²) in [6.45, 7) is 0. The number of nitrogens with zero attached hydrogens (tertiary/aromatic N) is 2. The van der Waals surface area contributed by atoms with Gasteiger partial charge in [-0.15, -0.1) is 10.2 Å². The Balaban J connectivity index is 1.74. The van der Waals surface area contributed by atoms with E-state index in [4.69, 9.17) is 4.74 Å². The molecule has 0 aliphatic carbocycles. The first-order valence-electron chi connectivity index (χ1n) is 8.36. The van der Waals surface area contributed by atoms with Crippen LogP contribution in [0, 0.1) is 0 Å². The summed E-state index contributed by atoms with van der Waals surface area (Å²) in [5, 5.41) is 10.5. The van der Waals surface area contributed by atoms with Gasteiger partial charge in [0.2, 0.25) is 5.13 Å². The van der Waals surface area contributed by atoms with Crippen molar-refractivity contribution in [2.45, 2.75) is 15.0 Å². The summed E-state index contributed by atoms with van der Waals surface area (Å²) in [5.74, 6) is 0.532. The summed E-state index contributed by atoms with van der Waals surface area (Å²) in [4.78, 5) is 11.9. The van der Waals surface area contributed by atoms with Crippen LogP contribution in [0.4, 0.5) is 5.13 Å². The van der Waals surface area contributed by atoms with E-state index in [9.17, 15) is 13.2 Å². The highest BCUT2D eigenvalue weighted by molar-refractivity contribution is 8.00. The van der Waals surface area contributed by atoms with Crippen molar-refractivity contribution >= 4 is 44.2 Å². The second kappa shape index (κ2) is 9.25. The first-order valence-corrected chi connectivity index (χ1v) is 11.6. The molecule has 2 N–H and O–H groups in total. The van der Waals surface area contributed by atoms with Crippen LogP contribution in [-0.2, 0) is 15.8 Å². The number of aromatic nitrogens is 2. The third kappa shape index (κ3) is 5.25. The number of ether oxygens (including phenoxy) is 1. The van der Waals surface area contributed by atoms with Crippen LogP contribution in [0.15, 0.2) is 57.8 Å². The van der Waals surface area contributed by atoms with Gasteiger partial charge >= 0.3 is 0 Å². The monoisotopic (exact) mass is 450 g/mol. The minimum absolute atomic E-state index is 0.0782. The van der Waals surface area contributed by atoms with Crippen molar-refractivity contribution in [2.24, 2.45) is 0 Å². The fourth-order valence-electron chi connectivity index (χ4n) is 2.37. The fraction of sp³-hybridized carbons (Fsp3) is 0.167. The van der Waals surface area contributed by atoms with E-state index in [-0.39, 0.29) is 21.3 Å². The minimum atomic E-state index is -3.94. The van der Waals surface area contributed by atoms with E-state index in [1.165, 1.54) is 44.1 Å². The van der Waals surface area contributed by atoms with Crippen LogP contribution in [0.2, 0.25) is 0 Å². The Labute approximate surface area is 176 Å². The van der Waals surface area contributed by atoms with Crippen molar-refractivity contribution in [2.75, 3.05) is 18.9 Å². The number of rotatable bonds is 8. The van der Waals surface area contributed by atoms with Gasteiger partial charge in [0.05, 0.1) is 17.6 Å². The van der Waals surface area contributed by atoms with Gasteiger partial charge in [0.25, 0.3) is 15.9 Å². The lowest BCUT2D eigenvalue weighted by molar-refractivity contribution is 0.0960. The van der Waals surface area contributed by atoms with Crippen molar-refractivity contribution < 1.29 is 17.9 Å². The predicted molar refractivity (Wildman–Crippen MR) is 113 cm³/mol. The Kier molecular flexibility index (Phi) is 6.72. The molecule has 0 unspecified atom stereocenters. The van der Waals surface area contributed by atoms with Gasteiger partial charge in [-0.3, -0.25) is 9.52 Å². The Morgan fingerprint density at radius 3 is 2.62 bits per heavy atom. The molecule has 0 bridgehead atoms. The maximum Gasteiger partial charge on any atom is 0.263 e. The first kappa shape index (κ1) is 21.1. The van der Waals surface area contributed by atoms with Crippen LogP contribution in [0.3, 0.4) is 0 Å². The number of amides is 1. The zero-order chi connectivity index (χ0) is 20.9. The van der Waals surface area contributed by atoms with Crippen molar-refractivity contribution in [1.29, 1.82) is 0 Å². The van der Waals surface area contributed by atoms with E-state index in [0.717, 1.165) is 16.9 Å². The number of sulfonamides is 1. The van der Waals surface area contributed by atoms with Gasteiger partial charge in [-0.2, -0.15) is 0 Å². The second-order valence-corrected chi connectivity index (χ2v) is 9.58. The number of carbonyl (C=O) groups is 1. The average molecular weight is 451 g/mol. The average Bonchev–Trinajstić information content (AvgIpc) is 3.18. The Morgan fingerprint density at radius 1 is 1.17 bits per heavy atom. The van der Waals surface area contributed by atoms with Gasteiger partial charge in [-0.1, -0.05) is 53.4 Å². The quantitative estimate of drug-likeness (QED) is 0.508. The summed E-state index contributed by atoms with van der Waals surface area (Å²) in [6, 6.07) is 13.9. The van der Waals surface area contributed by atoms with Gasteiger partial charge in [0.15, 0.2) is 4.34 Å². The normalized spacial score (nSPS) is 11.1. The van der Waals surface area contributed by atoms with Crippen LogP contribution in [-0.4, -0.2) is 38.7 Å². The molecule has 2 aromatic carbocycles. The highest BCUT2D eigenvalue weighted by Gasteiger charge is 2.21. The van der Waals surface area contributed by atoms with Gasteiger partial charge in [0, 0.05) is 12.8 Å². The van der Waals surface area contributed by atoms with E-state index in [2.05, 4.69) is 20.2 Å². The molecule has 0 aliphatic rings. The minimum Gasteiger partial charge on any atom is -0.496 e. The Bertz CT molecular complexity index is 1100. The molecule has 152 valence electrons. The molecule has 1 heterocycles. The summed E-state index contributed by atoms with van der Waals surface area (Å²) in [6.07, 6.45) is 0. The van der Waals surface area contributed by atoms with E-state index >= 15 is 0 Å². The highest BCUT2D eigenvalue weighted by atomic mass is 32.2. The summed E-state index contributed by atoms with van der Waals surface area (Å²) >= 11 is 2.61. The van der Waals surface area contributed by atoms with Gasteiger partial charge < -0.3 is 10.1 Å². The zero-order valence-electron chi connectivity index (χ0n) is 15.6. The van der Waals surface area contributed by atoms with Gasteiger partial charge in [0.1, 0.15) is 5.75 Å². The molecular weight excluding hydrogens is 432 g/mol. The molecule has 0 saturated heterocycles. The number of nitrogens with one attached hydrogen (secondary N) is 2. The smallest absolute Gasteiger partial charge is 0.263 e. The van der Waals surface area contributed by atoms with E-state index < -0.39 is 15.9 Å². The largest absolute Gasteiger partial charge is 0.496 e. The maximum absolute atomic E-state index is 12.7. The topological polar surface area (TPSA) is 110 Å². The third-order valence-electron chi connectivity index (χ3n) is 3.79. The van der Waals surface area contributed by atoms with Crippen LogP contribution >= 0.6 is 23.1 Å². The molecule has 0 aliphatic heterocycles. The number of methoxy groups -OCH3 is 1. The zero-order valence-corrected chi connectivity index (χ0v) is 18.0. The van der Waals surface area contributed by atoms with E-state index in [1.807, 2.05) is 30.3 Å². The molecule has 8 nitrogen and oxygen atoms in total. The number of hydrogen-bond acceptors (Lipinski definition) is 8.